The fraction of sp³-hybridized carbons (Fsp3) is 0.235. The Balaban J connectivity index is 2.04. The first-order valence-corrected chi connectivity index (χ1v) is 6.82. The molecule has 0 fully saturated rings. The number of nitrogens with one attached hydrogen (secondary N) is 1. The average molecular weight is 284 g/mol. The summed E-state index contributed by atoms with van der Waals surface area (Å²) in [6, 6.07) is 13.4. The lowest BCUT2D eigenvalue weighted by atomic mass is 10.1. The number of para-hydroxylation sites is 1. The molecule has 4 heteroatoms. The van der Waals surface area contributed by atoms with Gasteiger partial charge in [-0.1, -0.05) is 36.4 Å². The van der Waals surface area contributed by atoms with E-state index < -0.39 is 0 Å². The number of hydrogen-bond acceptors (Lipinski definition) is 3. The second-order valence-corrected chi connectivity index (χ2v) is 4.97. The van der Waals surface area contributed by atoms with Gasteiger partial charge in [0.15, 0.2) is 0 Å². The normalized spacial score (nSPS) is 10.4. The van der Waals surface area contributed by atoms with Crippen LogP contribution in [-0.4, -0.2) is 13.0 Å². The Labute approximate surface area is 124 Å². The van der Waals surface area contributed by atoms with Crippen LogP contribution < -0.4 is 11.1 Å². The Morgan fingerprint density at radius 2 is 1.90 bits per heavy atom. The molecule has 0 bridgehead atoms. The summed E-state index contributed by atoms with van der Waals surface area (Å²) < 4.78 is 5.10. The second-order valence-electron chi connectivity index (χ2n) is 4.97. The first-order valence-electron chi connectivity index (χ1n) is 6.82. The number of benzene rings is 2. The van der Waals surface area contributed by atoms with Gasteiger partial charge in [0.05, 0.1) is 12.2 Å². The first kappa shape index (κ1) is 15.1. The third-order valence-corrected chi connectivity index (χ3v) is 3.32. The number of aryl methyl sites for hydroxylation is 1. The van der Waals surface area contributed by atoms with Gasteiger partial charge in [-0.15, -0.1) is 0 Å². The summed E-state index contributed by atoms with van der Waals surface area (Å²) in [5, 5.41) is 2.89. The molecule has 3 N–H and O–H groups in total. The maximum atomic E-state index is 12.2. The summed E-state index contributed by atoms with van der Waals surface area (Å²) in [5.41, 5.74) is 10.0. The maximum Gasteiger partial charge on any atom is 0.253 e. The van der Waals surface area contributed by atoms with Crippen molar-refractivity contribution < 1.29 is 9.53 Å². The predicted molar refractivity (Wildman–Crippen MR) is 83.9 cm³/mol. The Kier molecular flexibility index (Phi) is 4.95. The van der Waals surface area contributed by atoms with Crippen molar-refractivity contribution in [3.63, 3.8) is 0 Å². The molecule has 0 atom stereocenters. The molecule has 0 unspecified atom stereocenters. The minimum atomic E-state index is -0.159. The van der Waals surface area contributed by atoms with Crippen LogP contribution in [0.1, 0.15) is 27.0 Å². The van der Waals surface area contributed by atoms with Crippen LogP contribution in [0, 0.1) is 6.92 Å². The van der Waals surface area contributed by atoms with E-state index in [2.05, 4.69) is 5.32 Å². The number of amides is 1. The number of methoxy groups -OCH3 is 1. The third kappa shape index (κ3) is 3.83. The molecule has 2 aromatic carbocycles. The highest BCUT2D eigenvalue weighted by Gasteiger charge is 2.10. The molecule has 0 aromatic heterocycles. The van der Waals surface area contributed by atoms with E-state index in [0.717, 1.165) is 16.7 Å². The highest BCUT2D eigenvalue weighted by Crippen LogP contribution is 2.16. The molecule has 4 nitrogen and oxygen atoms in total. The lowest BCUT2D eigenvalue weighted by Crippen LogP contribution is -2.24. The van der Waals surface area contributed by atoms with Crippen LogP contribution in [0.15, 0.2) is 42.5 Å². The molecule has 110 valence electrons. The molecule has 0 saturated carbocycles. The number of rotatable bonds is 5. The largest absolute Gasteiger partial charge is 0.398 e. The van der Waals surface area contributed by atoms with Gasteiger partial charge in [-0.05, 0) is 29.7 Å². The highest BCUT2D eigenvalue weighted by atomic mass is 16.5. The van der Waals surface area contributed by atoms with E-state index in [1.165, 1.54) is 0 Å². The van der Waals surface area contributed by atoms with Crippen LogP contribution in [0.25, 0.3) is 0 Å². The van der Waals surface area contributed by atoms with Gasteiger partial charge < -0.3 is 15.8 Å². The fourth-order valence-electron chi connectivity index (χ4n) is 2.15. The minimum absolute atomic E-state index is 0.159. The highest BCUT2D eigenvalue weighted by molar-refractivity contribution is 5.99. The molecule has 0 saturated heterocycles. The van der Waals surface area contributed by atoms with E-state index in [4.69, 9.17) is 10.5 Å². The van der Waals surface area contributed by atoms with Crippen molar-refractivity contribution in [3.05, 3.63) is 64.7 Å². The van der Waals surface area contributed by atoms with Crippen LogP contribution in [0.5, 0.6) is 0 Å². The molecule has 0 aliphatic rings. The number of nitrogens with two attached hydrogens (primary N) is 1. The smallest absolute Gasteiger partial charge is 0.253 e. The summed E-state index contributed by atoms with van der Waals surface area (Å²) in [7, 11) is 1.66. The van der Waals surface area contributed by atoms with Crippen molar-refractivity contribution in [1.29, 1.82) is 0 Å². The molecular formula is C17H20N2O2. The minimum Gasteiger partial charge on any atom is -0.398 e. The van der Waals surface area contributed by atoms with E-state index in [-0.39, 0.29) is 5.91 Å². The van der Waals surface area contributed by atoms with E-state index in [0.29, 0.717) is 24.4 Å². The lowest BCUT2D eigenvalue weighted by Gasteiger charge is -2.10. The number of anilines is 1. The van der Waals surface area contributed by atoms with E-state index >= 15 is 0 Å². The van der Waals surface area contributed by atoms with Gasteiger partial charge in [0.2, 0.25) is 0 Å². The standard InChI is InChI=1S/C17H20N2O2/c1-12-5-3-8-15(16(12)18)17(20)19-10-13-6-4-7-14(9-13)11-21-2/h3-9H,10-11,18H2,1-2H3,(H,19,20). The molecule has 0 radical (unpaired) electrons. The fourth-order valence-corrected chi connectivity index (χ4v) is 2.15. The summed E-state index contributed by atoms with van der Waals surface area (Å²) >= 11 is 0. The summed E-state index contributed by atoms with van der Waals surface area (Å²) in [6.07, 6.45) is 0. The van der Waals surface area contributed by atoms with Gasteiger partial charge in [-0.2, -0.15) is 0 Å². The number of carbonyl (C=O) groups is 1. The number of nitrogen functional groups attached to an aromatic ring is 1. The predicted octanol–water partition coefficient (Wildman–Crippen LogP) is 2.65. The van der Waals surface area contributed by atoms with Gasteiger partial charge in [-0.25, -0.2) is 0 Å². The molecule has 2 rings (SSSR count). The zero-order valence-corrected chi connectivity index (χ0v) is 12.3. The van der Waals surface area contributed by atoms with E-state index in [1.54, 1.807) is 13.2 Å². The summed E-state index contributed by atoms with van der Waals surface area (Å²) in [4.78, 5) is 12.2. The molecule has 21 heavy (non-hydrogen) atoms. The van der Waals surface area contributed by atoms with Crippen LogP contribution in [0.2, 0.25) is 0 Å². The van der Waals surface area contributed by atoms with Gasteiger partial charge >= 0.3 is 0 Å². The Morgan fingerprint density at radius 1 is 1.19 bits per heavy atom. The topological polar surface area (TPSA) is 64.3 Å². The summed E-state index contributed by atoms with van der Waals surface area (Å²) in [6.45, 7) is 2.91. The van der Waals surface area contributed by atoms with Crippen LogP contribution in [0.3, 0.4) is 0 Å². The molecule has 0 spiro atoms. The summed E-state index contributed by atoms with van der Waals surface area (Å²) in [5.74, 6) is -0.159. The Hall–Kier alpha value is -2.33. The zero-order valence-electron chi connectivity index (χ0n) is 12.3. The molecule has 2 aromatic rings. The zero-order chi connectivity index (χ0) is 15.2. The van der Waals surface area contributed by atoms with Crippen molar-refractivity contribution in [2.75, 3.05) is 12.8 Å². The van der Waals surface area contributed by atoms with E-state index in [1.807, 2.05) is 43.3 Å². The van der Waals surface area contributed by atoms with Crippen LogP contribution in [-0.2, 0) is 17.9 Å². The Bertz CT molecular complexity index is 638. The van der Waals surface area contributed by atoms with E-state index in [9.17, 15) is 4.79 Å². The molecule has 0 aliphatic heterocycles. The number of hydrogen-bond donors (Lipinski definition) is 2. The van der Waals surface area contributed by atoms with Crippen LogP contribution >= 0.6 is 0 Å². The van der Waals surface area contributed by atoms with Gasteiger partial charge in [0.25, 0.3) is 5.91 Å². The number of carbonyl (C=O) groups excluding carboxylic acids is 1. The average Bonchev–Trinajstić information content (AvgIpc) is 2.48. The van der Waals surface area contributed by atoms with Crippen molar-refractivity contribution in [2.45, 2.75) is 20.1 Å². The monoisotopic (exact) mass is 284 g/mol. The third-order valence-electron chi connectivity index (χ3n) is 3.32. The second kappa shape index (κ2) is 6.90. The van der Waals surface area contributed by atoms with Gasteiger partial charge in [0.1, 0.15) is 0 Å². The molecule has 1 amide bonds. The van der Waals surface area contributed by atoms with Crippen molar-refractivity contribution >= 4 is 11.6 Å². The first-order chi connectivity index (χ1) is 10.1. The van der Waals surface area contributed by atoms with Crippen molar-refractivity contribution in [3.8, 4) is 0 Å². The maximum absolute atomic E-state index is 12.2. The van der Waals surface area contributed by atoms with Crippen molar-refractivity contribution in [2.24, 2.45) is 0 Å². The molecule has 0 aliphatic carbocycles. The van der Waals surface area contributed by atoms with Crippen LogP contribution in [0.4, 0.5) is 5.69 Å². The molecular weight excluding hydrogens is 264 g/mol. The lowest BCUT2D eigenvalue weighted by molar-refractivity contribution is 0.0951. The van der Waals surface area contributed by atoms with Gasteiger partial charge in [-0.3, -0.25) is 4.79 Å². The van der Waals surface area contributed by atoms with Crippen molar-refractivity contribution in [1.82, 2.24) is 5.32 Å². The van der Waals surface area contributed by atoms with Gasteiger partial charge in [0, 0.05) is 19.3 Å². The quantitative estimate of drug-likeness (QED) is 0.830. The Morgan fingerprint density at radius 3 is 2.67 bits per heavy atom. The SMILES string of the molecule is COCc1cccc(CNC(=O)c2cccc(C)c2N)c1. The number of ether oxygens (including phenoxy) is 1. The molecule has 0 heterocycles.